The summed E-state index contributed by atoms with van der Waals surface area (Å²) in [6, 6.07) is 31.9. The highest BCUT2D eigenvalue weighted by Gasteiger charge is 2.20. The number of phenolic OH excluding ortho intramolecular Hbond substituents is 2. The van der Waals surface area contributed by atoms with E-state index in [1.54, 1.807) is 6.07 Å². The van der Waals surface area contributed by atoms with Crippen LogP contribution in [0.25, 0.3) is 49.4 Å². The van der Waals surface area contributed by atoms with Gasteiger partial charge in [0.1, 0.15) is 11.5 Å². The van der Waals surface area contributed by atoms with Gasteiger partial charge in [0, 0.05) is 21.9 Å². The molecule has 2 N–H and O–H groups in total. The fourth-order valence-electron chi connectivity index (χ4n) is 4.85. The first kappa shape index (κ1) is 18.5. The normalized spacial score (nSPS) is 11.5. The average Bonchev–Trinajstić information content (AvgIpc) is 3.15. The Kier molecular flexibility index (Phi) is 3.99. The van der Waals surface area contributed by atoms with Crippen LogP contribution in [0.2, 0.25) is 0 Å². The number of phenols is 2. The molecule has 3 heteroatoms. The summed E-state index contributed by atoms with van der Waals surface area (Å²) in [5.74, 6) is 0.298. The van der Waals surface area contributed by atoms with Crippen molar-refractivity contribution in [3.63, 3.8) is 0 Å². The predicted molar refractivity (Wildman–Crippen MR) is 132 cm³/mol. The summed E-state index contributed by atoms with van der Waals surface area (Å²) in [6.07, 6.45) is 0. The topological polar surface area (TPSA) is 45.4 Å². The van der Waals surface area contributed by atoms with Crippen LogP contribution in [0.4, 0.5) is 0 Å². The molecule has 0 aliphatic carbocycles. The van der Waals surface area contributed by atoms with Crippen molar-refractivity contribution < 1.29 is 10.2 Å². The highest BCUT2D eigenvalue weighted by molar-refractivity contribution is 6.10. The van der Waals surface area contributed by atoms with E-state index in [2.05, 4.69) is 28.8 Å². The number of benzene rings is 5. The van der Waals surface area contributed by atoms with Crippen LogP contribution in [0.5, 0.6) is 11.5 Å². The lowest BCUT2D eigenvalue weighted by Crippen LogP contribution is -1.97. The summed E-state index contributed by atoms with van der Waals surface area (Å²) in [5.41, 5.74) is 5.03. The quantitative estimate of drug-likeness (QED) is 0.311. The maximum atomic E-state index is 11.6. The Morgan fingerprint density at radius 1 is 0.625 bits per heavy atom. The SMILES string of the molecule is Cc1cc(-c2c(O)ccc3ccccc23)c(O)c(-n2c3ccccc3c3ccccc32)c1. The van der Waals surface area contributed by atoms with Crippen molar-refractivity contribution in [2.45, 2.75) is 6.92 Å². The zero-order chi connectivity index (χ0) is 21.8. The van der Waals surface area contributed by atoms with Gasteiger partial charge in [0.2, 0.25) is 0 Å². The lowest BCUT2D eigenvalue weighted by atomic mass is 9.94. The van der Waals surface area contributed by atoms with Crippen molar-refractivity contribution >= 4 is 32.6 Å². The van der Waals surface area contributed by atoms with Gasteiger partial charge in [0.25, 0.3) is 0 Å². The Labute approximate surface area is 185 Å². The fraction of sp³-hybridized carbons (Fsp3) is 0.0345. The van der Waals surface area contributed by atoms with Crippen LogP contribution in [0, 0.1) is 6.92 Å². The number of hydrogen-bond donors (Lipinski definition) is 2. The van der Waals surface area contributed by atoms with Crippen LogP contribution >= 0.6 is 0 Å². The van der Waals surface area contributed by atoms with Crippen molar-refractivity contribution in [1.82, 2.24) is 4.57 Å². The van der Waals surface area contributed by atoms with Gasteiger partial charge in [-0.1, -0.05) is 66.7 Å². The van der Waals surface area contributed by atoms with Gasteiger partial charge in [-0.2, -0.15) is 0 Å². The maximum absolute atomic E-state index is 11.6. The molecule has 0 amide bonds. The van der Waals surface area contributed by atoms with Gasteiger partial charge in [-0.25, -0.2) is 0 Å². The van der Waals surface area contributed by atoms with Gasteiger partial charge in [-0.3, -0.25) is 0 Å². The van der Waals surface area contributed by atoms with Crippen LogP contribution in [-0.4, -0.2) is 14.8 Å². The molecule has 0 radical (unpaired) electrons. The number of aromatic nitrogens is 1. The summed E-state index contributed by atoms with van der Waals surface area (Å²) >= 11 is 0. The molecule has 5 aromatic carbocycles. The van der Waals surface area contributed by atoms with Crippen LogP contribution in [0.1, 0.15) is 5.56 Å². The number of rotatable bonds is 2. The summed E-state index contributed by atoms with van der Waals surface area (Å²) in [5, 5.41) is 26.6. The van der Waals surface area contributed by atoms with Crippen LogP contribution < -0.4 is 0 Å². The molecule has 0 saturated heterocycles. The number of nitrogens with zero attached hydrogens (tertiary/aromatic N) is 1. The van der Waals surface area contributed by atoms with Gasteiger partial charge in [-0.15, -0.1) is 0 Å². The standard InChI is InChI=1S/C29H21NO2/c1-18-16-23(28-20-9-3-2-8-19(20)14-15-27(28)31)29(32)26(17-18)30-24-12-6-4-10-21(24)22-11-5-7-13-25(22)30/h2-17,31-32H,1H3. The molecule has 0 atom stereocenters. The second-order valence-electron chi connectivity index (χ2n) is 8.23. The van der Waals surface area contributed by atoms with Crippen LogP contribution in [-0.2, 0) is 0 Å². The molecule has 32 heavy (non-hydrogen) atoms. The third-order valence-electron chi connectivity index (χ3n) is 6.23. The van der Waals surface area contributed by atoms with E-state index in [0.717, 1.165) is 38.1 Å². The second kappa shape index (κ2) is 6.89. The molecule has 0 saturated carbocycles. The third-order valence-corrected chi connectivity index (χ3v) is 6.23. The lowest BCUT2D eigenvalue weighted by molar-refractivity contribution is 0.468. The van der Waals surface area contributed by atoms with Gasteiger partial charge in [0.15, 0.2) is 0 Å². The lowest BCUT2D eigenvalue weighted by Gasteiger charge is -2.17. The van der Waals surface area contributed by atoms with E-state index in [1.807, 2.05) is 73.7 Å². The largest absolute Gasteiger partial charge is 0.507 e. The van der Waals surface area contributed by atoms with E-state index in [0.29, 0.717) is 16.8 Å². The Bertz CT molecular complexity index is 1610. The van der Waals surface area contributed by atoms with E-state index in [4.69, 9.17) is 0 Å². The zero-order valence-electron chi connectivity index (χ0n) is 17.6. The molecular weight excluding hydrogens is 394 g/mol. The van der Waals surface area contributed by atoms with Crippen LogP contribution in [0.3, 0.4) is 0 Å². The minimum atomic E-state index is 0.147. The molecule has 154 valence electrons. The number of hydrogen-bond acceptors (Lipinski definition) is 2. The third kappa shape index (κ3) is 2.61. The molecule has 0 fully saturated rings. The first-order valence-electron chi connectivity index (χ1n) is 10.7. The average molecular weight is 415 g/mol. The molecule has 0 unspecified atom stereocenters. The first-order chi connectivity index (χ1) is 15.6. The highest BCUT2D eigenvalue weighted by Crippen LogP contribution is 2.45. The number of aryl methyl sites for hydroxylation is 1. The Morgan fingerprint density at radius 3 is 1.91 bits per heavy atom. The summed E-state index contributed by atoms with van der Waals surface area (Å²) in [7, 11) is 0. The van der Waals surface area contributed by atoms with Crippen LogP contribution in [0.15, 0.2) is 97.1 Å². The molecule has 1 aromatic heterocycles. The number of fused-ring (bicyclic) bond motifs is 4. The second-order valence-corrected chi connectivity index (χ2v) is 8.23. The van der Waals surface area contributed by atoms with Crippen molar-refractivity contribution in [3.05, 3.63) is 103 Å². The molecule has 1 heterocycles. The predicted octanol–water partition coefficient (Wildman–Crippen LogP) is 7.32. The molecule has 0 bridgehead atoms. The highest BCUT2D eigenvalue weighted by atomic mass is 16.3. The monoisotopic (exact) mass is 415 g/mol. The van der Waals surface area contributed by atoms with E-state index >= 15 is 0 Å². The summed E-state index contributed by atoms with van der Waals surface area (Å²) in [4.78, 5) is 0. The number of aromatic hydroxyl groups is 2. The van der Waals surface area contributed by atoms with E-state index in [9.17, 15) is 10.2 Å². The smallest absolute Gasteiger partial charge is 0.147 e. The van der Waals surface area contributed by atoms with Gasteiger partial charge >= 0.3 is 0 Å². The van der Waals surface area contributed by atoms with E-state index in [1.165, 1.54) is 0 Å². The fourth-order valence-corrected chi connectivity index (χ4v) is 4.85. The minimum Gasteiger partial charge on any atom is -0.507 e. The molecule has 0 spiro atoms. The van der Waals surface area contributed by atoms with E-state index in [-0.39, 0.29) is 11.5 Å². The molecule has 6 rings (SSSR count). The molecule has 6 aromatic rings. The molecule has 0 aliphatic rings. The first-order valence-corrected chi connectivity index (χ1v) is 10.7. The van der Waals surface area contributed by atoms with E-state index < -0.39 is 0 Å². The zero-order valence-corrected chi connectivity index (χ0v) is 17.6. The minimum absolute atomic E-state index is 0.147. The van der Waals surface area contributed by atoms with Crippen molar-refractivity contribution in [2.75, 3.05) is 0 Å². The molecule has 3 nitrogen and oxygen atoms in total. The molecule has 0 aliphatic heterocycles. The Balaban J connectivity index is 1.74. The van der Waals surface area contributed by atoms with Gasteiger partial charge in [-0.05, 0) is 53.6 Å². The van der Waals surface area contributed by atoms with Crippen molar-refractivity contribution in [2.24, 2.45) is 0 Å². The maximum Gasteiger partial charge on any atom is 0.147 e. The van der Waals surface area contributed by atoms with Crippen molar-refractivity contribution in [3.8, 4) is 28.3 Å². The van der Waals surface area contributed by atoms with Gasteiger partial charge < -0.3 is 14.8 Å². The van der Waals surface area contributed by atoms with Crippen molar-refractivity contribution in [1.29, 1.82) is 0 Å². The summed E-state index contributed by atoms with van der Waals surface area (Å²) in [6.45, 7) is 2.02. The van der Waals surface area contributed by atoms with Gasteiger partial charge in [0.05, 0.1) is 16.7 Å². The Morgan fingerprint density at radius 2 is 1.22 bits per heavy atom. The Hall–Kier alpha value is -4.24. The number of para-hydroxylation sites is 2. The summed E-state index contributed by atoms with van der Waals surface area (Å²) < 4.78 is 2.11. The molecular formula is C29H21NO2.